The van der Waals surface area contributed by atoms with Crippen LogP contribution in [0.15, 0.2) is 0 Å². The van der Waals surface area contributed by atoms with E-state index in [0.717, 1.165) is 6.61 Å². The molecule has 0 amide bonds. The zero-order valence-corrected chi connectivity index (χ0v) is 8.57. The summed E-state index contributed by atoms with van der Waals surface area (Å²) in [6.45, 7) is 3.27. The van der Waals surface area contributed by atoms with Crippen LogP contribution in [0.4, 0.5) is 0 Å². The van der Waals surface area contributed by atoms with Crippen LogP contribution in [0.3, 0.4) is 0 Å². The number of unbranched alkanes of at least 4 members (excludes halogenated alkanes) is 1. The second-order valence-electron chi connectivity index (χ2n) is 4.24. The monoisotopic (exact) mass is 170 g/mol. The summed E-state index contributed by atoms with van der Waals surface area (Å²) in [5.41, 5.74) is 0.574. The van der Waals surface area contributed by atoms with Crippen molar-refractivity contribution < 1.29 is 4.74 Å². The molecule has 1 nitrogen and oxygen atoms in total. The van der Waals surface area contributed by atoms with Crippen LogP contribution >= 0.6 is 0 Å². The largest absolute Gasteiger partial charge is 0.384 e. The molecular weight excluding hydrogens is 148 g/mol. The van der Waals surface area contributed by atoms with Crippen molar-refractivity contribution in [3.63, 3.8) is 0 Å². The molecule has 1 rings (SSSR count). The first kappa shape index (κ1) is 10.0. The van der Waals surface area contributed by atoms with Gasteiger partial charge in [-0.1, -0.05) is 32.6 Å². The number of ether oxygens (including phenoxy) is 1. The van der Waals surface area contributed by atoms with E-state index < -0.39 is 0 Å². The summed E-state index contributed by atoms with van der Waals surface area (Å²) >= 11 is 0. The highest BCUT2D eigenvalue weighted by Crippen LogP contribution is 2.42. The summed E-state index contributed by atoms with van der Waals surface area (Å²) in [6.07, 6.45) is 9.74. The van der Waals surface area contributed by atoms with E-state index in [0.29, 0.717) is 5.41 Å². The van der Waals surface area contributed by atoms with Crippen molar-refractivity contribution in [2.45, 2.75) is 51.9 Å². The van der Waals surface area contributed by atoms with Gasteiger partial charge in [0, 0.05) is 7.11 Å². The van der Waals surface area contributed by atoms with Gasteiger partial charge in [-0.2, -0.15) is 0 Å². The molecule has 0 radical (unpaired) electrons. The van der Waals surface area contributed by atoms with E-state index in [4.69, 9.17) is 4.74 Å². The van der Waals surface area contributed by atoms with Crippen LogP contribution in [0.2, 0.25) is 0 Å². The maximum Gasteiger partial charge on any atom is 0.0518 e. The molecule has 72 valence electrons. The summed E-state index contributed by atoms with van der Waals surface area (Å²) in [4.78, 5) is 0. The number of hydrogen-bond donors (Lipinski definition) is 0. The van der Waals surface area contributed by atoms with E-state index in [-0.39, 0.29) is 0 Å². The zero-order valence-electron chi connectivity index (χ0n) is 8.57. The average Bonchev–Trinajstić information content (AvgIpc) is 2.51. The van der Waals surface area contributed by atoms with Crippen LogP contribution in [-0.4, -0.2) is 13.7 Å². The number of methoxy groups -OCH3 is 1. The Labute approximate surface area is 76.5 Å². The van der Waals surface area contributed by atoms with Crippen molar-refractivity contribution in [3.8, 4) is 0 Å². The SMILES string of the molecule is CCCCC1(COC)CCCC1. The van der Waals surface area contributed by atoms with Gasteiger partial charge in [0.15, 0.2) is 0 Å². The summed E-state index contributed by atoms with van der Waals surface area (Å²) in [6, 6.07) is 0. The molecule has 0 aromatic heterocycles. The number of rotatable bonds is 5. The zero-order chi connectivity index (χ0) is 8.86. The Morgan fingerprint density at radius 1 is 1.25 bits per heavy atom. The van der Waals surface area contributed by atoms with Gasteiger partial charge in [0.1, 0.15) is 0 Å². The van der Waals surface area contributed by atoms with Crippen molar-refractivity contribution >= 4 is 0 Å². The molecule has 1 heteroatoms. The van der Waals surface area contributed by atoms with Gasteiger partial charge < -0.3 is 4.74 Å². The molecular formula is C11H22O. The average molecular weight is 170 g/mol. The molecule has 0 saturated heterocycles. The topological polar surface area (TPSA) is 9.23 Å². The predicted octanol–water partition coefficient (Wildman–Crippen LogP) is 3.38. The van der Waals surface area contributed by atoms with E-state index in [1.807, 2.05) is 7.11 Å². The maximum atomic E-state index is 5.33. The highest BCUT2D eigenvalue weighted by molar-refractivity contribution is 4.84. The Bertz CT molecular complexity index is 114. The molecule has 0 aromatic carbocycles. The van der Waals surface area contributed by atoms with Gasteiger partial charge in [-0.3, -0.25) is 0 Å². The van der Waals surface area contributed by atoms with Crippen molar-refractivity contribution in [2.75, 3.05) is 13.7 Å². The molecule has 0 heterocycles. The third kappa shape index (κ3) is 2.48. The second kappa shape index (κ2) is 4.86. The lowest BCUT2D eigenvalue weighted by molar-refractivity contribution is 0.0749. The van der Waals surface area contributed by atoms with Gasteiger partial charge in [0.25, 0.3) is 0 Å². The first-order valence-corrected chi connectivity index (χ1v) is 5.32. The lowest BCUT2D eigenvalue weighted by Gasteiger charge is -2.27. The van der Waals surface area contributed by atoms with Crippen molar-refractivity contribution in [3.05, 3.63) is 0 Å². The van der Waals surface area contributed by atoms with Gasteiger partial charge in [0.05, 0.1) is 6.61 Å². The van der Waals surface area contributed by atoms with Crippen molar-refractivity contribution in [1.82, 2.24) is 0 Å². The van der Waals surface area contributed by atoms with Crippen LogP contribution in [0.1, 0.15) is 51.9 Å². The van der Waals surface area contributed by atoms with Gasteiger partial charge in [-0.05, 0) is 24.7 Å². The van der Waals surface area contributed by atoms with Crippen LogP contribution in [-0.2, 0) is 4.74 Å². The molecule has 1 fully saturated rings. The Morgan fingerprint density at radius 3 is 2.42 bits per heavy atom. The van der Waals surface area contributed by atoms with Gasteiger partial charge in [-0.15, -0.1) is 0 Å². The molecule has 0 unspecified atom stereocenters. The highest BCUT2D eigenvalue weighted by Gasteiger charge is 2.32. The maximum absolute atomic E-state index is 5.33. The van der Waals surface area contributed by atoms with Crippen molar-refractivity contribution in [1.29, 1.82) is 0 Å². The summed E-state index contributed by atoms with van der Waals surface area (Å²) in [7, 11) is 1.84. The van der Waals surface area contributed by atoms with E-state index in [9.17, 15) is 0 Å². The lowest BCUT2D eigenvalue weighted by atomic mass is 9.82. The molecule has 0 N–H and O–H groups in total. The second-order valence-corrected chi connectivity index (χ2v) is 4.24. The fourth-order valence-corrected chi connectivity index (χ4v) is 2.45. The predicted molar refractivity (Wildman–Crippen MR) is 52.3 cm³/mol. The van der Waals surface area contributed by atoms with E-state index in [1.54, 1.807) is 0 Å². The quantitative estimate of drug-likeness (QED) is 0.614. The summed E-state index contributed by atoms with van der Waals surface area (Å²) in [5.74, 6) is 0. The van der Waals surface area contributed by atoms with Crippen LogP contribution in [0.5, 0.6) is 0 Å². The molecule has 0 spiro atoms. The fourth-order valence-electron chi connectivity index (χ4n) is 2.45. The molecule has 1 saturated carbocycles. The molecule has 1 aliphatic carbocycles. The standard InChI is InChI=1S/C11H22O/c1-3-4-7-11(10-12-2)8-5-6-9-11/h3-10H2,1-2H3. The Kier molecular flexibility index (Phi) is 4.07. The Hall–Kier alpha value is -0.0400. The summed E-state index contributed by atoms with van der Waals surface area (Å²) < 4.78 is 5.33. The smallest absolute Gasteiger partial charge is 0.0518 e. The molecule has 0 aliphatic heterocycles. The van der Waals surface area contributed by atoms with E-state index >= 15 is 0 Å². The molecule has 0 aromatic rings. The normalized spacial score (nSPS) is 21.5. The number of hydrogen-bond acceptors (Lipinski definition) is 1. The van der Waals surface area contributed by atoms with Gasteiger partial charge >= 0.3 is 0 Å². The third-order valence-corrected chi connectivity index (χ3v) is 3.18. The molecule has 12 heavy (non-hydrogen) atoms. The minimum atomic E-state index is 0.574. The molecule has 0 bridgehead atoms. The van der Waals surface area contributed by atoms with Crippen LogP contribution in [0.25, 0.3) is 0 Å². The van der Waals surface area contributed by atoms with E-state index in [1.165, 1.54) is 44.9 Å². The third-order valence-electron chi connectivity index (χ3n) is 3.18. The highest BCUT2D eigenvalue weighted by atomic mass is 16.5. The minimum absolute atomic E-state index is 0.574. The van der Waals surface area contributed by atoms with Crippen LogP contribution < -0.4 is 0 Å². The Morgan fingerprint density at radius 2 is 1.92 bits per heavy atom. The summed E-state index contributed by atoms with van der Waals surface area (Å²) in [5, 5.41) is 0. The fraction of sp³-hybridized carbons (Fsp3) is 1.00. The lowest BCUT2D eigenvalue weighted by Crippen LogP contribution is -2.22. The molecule has 1 aliphatic rings. The van der Waals surface area contributed by atoms with Crippen LogP contribution in [0, 0.1) is 5.41 Å². The Balaban J connectivity index is 2.35. The first-order chi connectivity index (χ1) is 5.83. The van der Waals surface area contributed by atoms with E-state index in [2.05, 4.69) is 6.92 Å². The molecule has 0 atom stereocenters. The van der Waals surface area contributed by atoms with Crippen molar-refractivity contribution in [2.24, 2.45) is 5.41 Å². The minimum Gasteiger partial charge on any atom is -0.384 e. The first-order valence-electron chi connectivity index (χ1n) is 5.32. The van der Waals surface area contributed by atoms with Gasteiger partial charge in [-0.25, -0.2) is 0 Å². The van der Waals surface area contributed by atoms with Gasteiger partial charge in [0.2, 0.25) is 0 Å².